The number of ketones is 4. The zero-order valence-electron chi connectivity index (χ0n) is 70.6. The quantitative estimate of drug-likeness (QED) is 0.0449. The fraction of sp³-hybridized carbons (Fsp3) is 0.535. The molecule has 0 spiro atoms. The van der Waals surface area contributed by atoms with Crippen LogP contribution in [0.4, 0.5) is 5.69 Å². The van der Waals surface area contributed by atoms with Crippen molar-refractivity contribution in [3.63, 3.8) is 0 Å². The molecule has 3 aromatic carbocycles. The molecule has 8 aliphatic heterocycles. The monoisotopic (exact) mass is 1640 g/mol. The molecule has 3 aromatic rings. The lowest BCUT2D eigenvalue weighted by Gasteiger charge is -2.38. The number of phenols is 4. The van der Waals surface area contributed by atoms with E-state index in [9.17, 15) is 79.2 Å². The van der Waals surface area contributed by atoms with Gasteiger partial charge in [0.25, 0.3) is 23.4 Å². The number of hydrazone groups is 2. The number of anilines is 1. The van der Waals surface area contributed by atoms with Crippen LogP contribution in [-0.4, -0.2) is 261 Å². The first kappa shape index (κ1) is 91.6. The van der Waals surface area contributed by atoms with Crippen LogP contribution in [-0.2, 0) is 47.6 Å². The summed E-state index contributed by atoms with van der Waals surface area (Å²) in [6.45, 7) is 29.9. The Hall–Kier alpha value is -10.3. The van der Waals surface area contributed by atoms with E-state index in [0.717, 1.165) is 13.1 Å². The number of carbonyl (C=O) groups is 8. The van der Waals surface area contributed by atoms with Gasteiger partial charge in [0.05, 0.1) is 106 Å². The molecule has 8 heterocycles. The highest BCUT2D eigenvalue weighted by atomic mass is 16.7. The van der Waals surface area contributed by atoms with Crippen LogP contribution in [0.25, 0.3) is 10.8 Å². The smallest absolute Gasteiger partial charge is 0.312 e. The summed E-state index contributed by atoms with van der Waals surface area (Å²) in [5.74, 6) is -17.7. The zero-order chi connectivity index (χ0) is 87.3. The van der Waals surface area contributed by atoms with E-state index in [4.69, 9.17) is 37.9 Å². The standard InChI is InChI=1S/C43H58N4O12.C43H56N4O12/c2*1-21-12-11-13-22(2)42(55)45-33-28(20-44-47-17-15-46(9)16-18-47)37(52)30-31(38(33)53)36(51)26(6)40-32(30)41(54)43(8,59-40)57-19-14-29(56-10)23(3)39(58-27(7)48)25(5)35(50)24(4)34(21)49/h11-14,19-21,23-25,29,34-35,39,49-53H,15-18H2,1-10H3,(H,45,55);11-14,19-21,23-25,29,34-35,39,49-51H,15-18H2,1-10H3,(H,45,55)/b2*12-11+,19-14+,22-13-,44-20+. The van der Waals surface area contributed by atoms with Crippen molar-refractivity contribution in [3.8, 4) is 34.5 Å². The SMILES string of the molecule is COC1/C=C/OC2(C)Oc3c(C)c(O)c4c(O)c(c(/C=N/N5CCN(C)CC5)c(O)c4c3C2=O)NC(=O)/C(C)=C\C=C\C(C)C(O)C(C)C(O)C(C)C(OC(C)=O)C1C.COC1/C=C/OC2(C)Oc3c(C)c(O)c4c(c3C2=O)C(=O)C(/C=N/N2CCN(C)CC2)=C(NC(=O)/C(C)=C\C=C\C(C)C(O)C(C)C(O)C(C)C(OC(C)=O)C1C)C4=O. The highest BCUT2D eigenvalue weighted by Gasteiger charge is 2.54. The van der Waals surface area contributed by atoms with Crippen molar-refractivity contribution in [2.45, 2.75) is 171 Å². The Kier molecular flexibility index (Phi) is 29.3. The number of Topliss-reactive ketones (excluding diaryl/α,β-unsaturated/α-hetero) is 4. The Morgan fingerprint density at radius 1 is 0.500 bits per heavy atom. The Bertz CT molecular complexity index is 4680. The lowest BCUT2D eigenvalue weighted by Crippen LogP contribution is -2.46. The van der Waals surface area contributed by atoms with Gasteiger partial charge in [-0.1, -0.05) is 91.8 Å². The van der Waals surface area contributed by atoms with Crippen molar-refractivity contribution >= 4 is 75.8 Å². The van der Waals surface area contributed by atoms with Crippen molar-refractivity contribution in [1.82, 2.24) is 25.1 Å². The van der Waals surface area contributed by atoms with Crippen LogP contribution in [0.5, 0.6) is 34.5 Å². The zero-order valence-corrected chi connectivity index (χ0v) is 70.6. The number of esters is 2. The summed E-state index contributed by atoms with van der Waals surface area (Å²) >= 11 is 0. The number of phenolic OH excluding ortho intramolecular Hbond substituents is 4. The van der Waals surface area contributed by atoms with Crippen molar-refractivity contribution in [1.29, 1.82) is 0 Å². The van der Waals surface area contributed by atoms with Crippen molar-refractivity contribution in [3.05, 3.63) is 122 Å². The van der Waals surface area contributed by atoms with Gasteiger partial charge in [0.1, 0.15) is 46.7 Å². The van der Waals surface area contributed by atoms with Crippen LogP contribution in [0.2, 0.25) is 0 Å². The van der Waals surface area contributed by atoms with E-state index < -0.39 is 194 Å². The molecule has 9 aliphatic rings. The molecule has 642 valence electrons. The molecule has 0 radical (unpaired) electrons. The average molecular weight is 1640 g/mol. The Morgan fingerprint density at radius 3 is 1.36 bits per heavy atom. The first-order valence-corrected chi connectivity index (χ1v) is 39.5. The molecule has 18 unspecified atom stereocenters. The lowest BCUT2D eigenvalue weighted by molar-refractivity contribution is -0.161. The maximum absolute atomic E-state index is 14.6. The molecule has 1 aliphatic carbocycles. The number of amides is 2. The number of benzene rings is 3. The molecule has 10 bridgehead atoms. The predicted molar refractivity (Wildman–Crippen MR) is 436 cm³/mol. The van der Waals surface area contributed by atoms with Gasteiger partial charge in [-0.05, 0) is 53.9 Å². The Labute approximate surface area is 686 Å². The molecule has 118 heavy (non-hydrogen) atoms. The van der Waals surface area contributed by atoms with E-state index in [-0.39, 0.29) is 72.5 Å². The van der Waals surface area contributed by atoms with Gasteiger partial charge >= 0.3 is 23.5 Å². The van der Waals surface area contributed by atoms with E-state index in [1.54, 1.807) is 89.7 Å². The Morgan fingerprint density at radius 2 is 0.915 bits per heavy atom. The summed E-state index contributed by atoms with van der Waals surface area (Å²) in [5, 5.41) is 110. The van der Waals surface area contributed by atoms with Gasteiger partial charge < -0.3 is 99.2 Å². The third-order valence-electron chi connectivity index (χ3n) is 23.7. The third kappa shape index (κ3) is 18.9. The average Bonchev–Trinajstić information content (AvgIpc) is 1.52. The number of allylic oxidation sites excluding steroid dienone is 6. The fourth-order valence-corrected chi connectivity index (χ4v) is 15.8. The number of aliphatic hydroxyl groups is 4. The van der Waals surface area contributed by atoms with Crippen LogP contribution in [0.1, 0.15) is 155 Å². The number of hydrogen-bond donors (Lipinski definition) is 10. The van der Waals surface area contributed by atoms with E-state index >= 15 is 0 Å². The number of methoxy groups -OCH3 is 2. The normalized spacial score (nSPS) is 32.7. The fourth-order valence-electron chi connectivity index (χ4n) is 15.8. The van der Waals surface area contributed by atoms with E-state index in [0.29, 0.717) is 39.3 Å². The number of aromatic hydroxyl groups is 4. The van der Waals surface area contributed by atoms with Gasteiger partial charge in [-0.25, -0.2) is 0 Å². The topological polar surface area (TPSA) is 434 Å². The summed E-state index contributed by atoms with van der Waals surface area (Å²) in [5.41, 5.74) is -2.17. The molecular weight excluding hydrogens is 1530 g/mol. The van der Waals surface area contributed by atoms with Gasteiger partial charge in [-0.3, -0.25) is 48.4 Å². The summed E-state index contributed by atoms with van der Waals surface area (Å²) in [7, 11) is 6.81. The number of likely N-dealkylation sites (N-methyl/N-ethyl adjacent to an activating group) is 2. The molecule has 2 fully saturated rings. The molecule has 32 heteroatoms. The van der Waals surface area contributed by atoms with Crippen LogP contribution >= 0.6 is 0 Å². The van der Waals surface area contributed by atoms with E-state index in [1.165, 1.54) is 119 Å². The number of rotatable bonds is 8. The molecule has 12 rings (SSSR count). The van der Waals surface area contributed by atoms with Gasteiger partial charge in [0.15, 0.2) is 11.5 Å². The van der Waals surface area contributed by atoms with Crippen molar-refractivity contribution in [2.24, 2.45) is 57.5 Å². The first-order chi connectivity index (χ1) is 55.5. The van der Waals surface area contributed by atoms with Crippen LogP contribution in [0.3, 0.4) is 0 Å². The number of aliphatic hydroxyl groups excluding tert-OH is 4. The van der Waals surface area contributed by atoms with Crippen molar-refractivity contribution in [2.75, 3.05) is 86.0 Å². The number of carbonyl (C=O) groups excluding carboxylic acids is 8. The highest BCUT2D eigenvalue weighted by molar-refractivity contribution is 6.38. The van der Waals surface area contributed by atoms with Gasteiger partial charge in [0.2, 0.25) is 5.78 Å². The summed E-state index contributed by atoms with van der Waals surface area (Å²) in [6.07, 6.45) is 9.42. The Balaban J connectivity index is 0.000000269. The summed E-state index contributed by atoms with van der Waals surface area (Å²) in [4.78, 5) is 114. The van der Waals surface area contributed by atoms with Crippen molar-refractivity contribution < 1.29 is 117 Å². The predicted octanol–water partition coefficient (Wildman–Crippen LogP) is 7.57. The second-order valence-electron chi connectivity index (χ2n) is 32.2. The van der Waals surface area contributed by atoms with E-state index in [2.05, 4.69) is 30.6 Å². The molecule has 2 amide bonds. The molecule has 32 nitrogen and oxygen atoms in total. The number of hydrogen-bond acceptors (Lipinski definition) is 30. The number of nitrogens with zero attached hydrogens (tertiary/aromatic N) is 6. The molecule has 0 aromatic heterocycles. The van der Waals surface area contributed by atoms with Crippen LogP contribution in [0, 0.1) is 61.2 Å². The molecule has 0 saturated carbocycles. The largest absolute Gasteiger partial charge is 0.507 e. The number of ether oxygens (including phenoxy) is 8. The maximum atomic E-state index is 14.6. The number of nitrogens with one attached hydrogen (secondary N) is 2. The minimum atomic E-state index is -2.09. The maximum Gasteiger partial charge on any atom is 0.312 e. The molecule has 10 N–H and O–H groups in total. The number of piperazine rings is 2. The molecular formula is C86H114N8O24. The number of fused-ring (bicyclic) bond motifs is 28. The highest BCUT2D eigenvalue weighted by Crippen LogP contribution is 2.56. The van der Waals surface area contributed by atoms with Gasteiger partial charge in [0, 0.05) is 169 Å². The second-order valence-corrected chi connectivity index (χ2v) is 32.2. The van der Waals surface area contributed by atoms with Crippen LogP contribution in [0.15, 0.2) is 93.8 Å². The second kappa shape index (κ2) is 37.7. The summed E-state index contributed by atoms with van der Waals surface area (Å²) < 4.78 is 47.1. The van der Waals surface area contributed by atoms with Gasteiger partial charge in [-0.15, -0.1) is 0 Å². The van der Waals surface area contributed by atoms with Gasteiger partial charge in [-0.2, -0.15) is 10.2 Å². The lowest BCUT2D eigenvalue weighted by atomic mass is 9.78. The third-order valence-corrected chi connectivity index (χ3v) is 23.7. The summed E-state index contributed by atoms with van der Waals surface area (Å²) in [6, 6.07) is 0. The van der Waals surface area contributed by atoms with E-state index in [1.807, 2.05) is 14.1 Å². The molecule has 2 saturated heterocycles. The first-order valence-electron chi connectivity index (χ1n) is 39.5. The van der Waals surface area contributed by atoms with Crippen LogP contribution < -0.4 is 20.1 Å². The molecule has 18 atom stereocenters. The minimum absolute atomic E-state index is 0.0118. The minimum Gasteiger partial charge on any atom is -0.507 e.